The molecular formula is C32H20F3N3O4S. The number of aromatic nitrogens is 1. The van der Waals surface area contributed by atoms with Gasteiger partial charge in [0.2, 0.25) is 0 Å². The maximum absolute atomic E-state index is 13.9. The molecule has 0 radical (unpaired) electrons. The lowest BCUT2D eigenvalue weighted by molar-refractivity contribution is -0.384. The highest BCUT2D eigenvalue weighted by Crippen LogP contribution is 2.41. The predicted molar refractivity (Wildman–Crippen MR) is 155 cm³/mol. The first-order chi connectivity index (χ1) is 20.7. The minimum absolute atomic E-state index is 0.0762. The van der Waals surface area contributed by atoms with Crippen LogP contribution in [0.1, 0.15) is 40.5 Å². The number of allylic oxidation sites excluding steroid dienone is 1. The smallest absolute Gasteiger partial charge is 0.416 e. The number of halogens is 3. The molecule has 214 valence electrons. The highest BCUT2D eigenvalue weighted by atomic mass is 32.1. The van der Waals surface area contributed by atoms with Gasteiger partial charge >= 0.3 is 6.18 Å². The fourth-order valence-electron chi connectivity index (χ4n) is 5.69. The van der Waals surface area contributed by atoms with E-state index in [2.05, 4.69) is 0 Å². The number of furan rings is 1. The van der Waals surface area contributed by atoms with Crippen LogP contribution >= 0.6 is 11.3 Å². The first-order valence-electron chi connectivity index (χ1n) is 13.3. The summed E-state index contributed by atoms with van der Waals surface area (Å²) >= 11 is 1.16. The quantitative estimate of drug-likeness (QED) is 0.174. The number of thiazole rings is 1. The van der Waals surface area contributed by atoms with Crippen LogP contribution < -0.4 is 14.9 Å². The minimum Gasteiger partial charge on any atom is -0.457 e. The summed E-state index contributed by atoms with van der Waals surface area (Å²) in [6.07, 6.45) is -1.58. The lowest BCUT2D eigenvalue weighted by Gasteiger charge is -2.30. The number of nitro benzene ring substituents is 1. The molecule has 0 bridgehead atoms. The third kappa shape index (κ3) is 4.71. The Kier molecular flexibility index (Phi) is 6.28. The Balaban J connectivity index is 1.37. The number of alkyl halides is 3. The van der Waals surface area contributed by atoms with Crippen molar-refractivity contribution in [1.29, 1.82) is 0 Å². The van der Waals surface area contributed by atoms with Gasteiger partial charge in [0.05, 0.1) is 26.8 Å². The minimum atomic E-state index is -4.49. The number of hydrogen-bond donors (Lipinski definition) is 0. The molecule has 0 saturated heterocycles. The zero-order valence-electron chi connectivity index (χ0n) is 22.2. The summed E-state index contributed by atoms with van der Waals surface area (Å²) in [6.45, 7) is 0. The third-order valence-electron chi connectivity index (χ3n) is 7.64. The van der Waals surface area contributed by atoms with E-state index in [-0.39, 0.29) is 22.6 Å². The molecule has 7 nitrogen and oxygen atoms in total. The van der Waals surface area contributed by atoms with Crippen molar-refractivity contribution >= 4 is 28.8 Å². The van der Waals surface area contributed by atoms with Gasteiger partial charge in [-0.25, -0.2) is 4.99 Å². The van der Waals surface area contributed by atoms with E-state index in [1.165, 1.54) is 24.3 Å². The van der Waals surface area contributed by atoms with Crippen molar-refractivity contribution < 1.29 is 22.5 Å². The topological polar surface area (TPSA) is 90.6 Å². The fourth-order valence-corrected chi connectivity index (χ4v) is 6.68. The van der Waals surface area contributed by atoms with E-state index in [0.717, 1.165) is 52.3 Å². The number of fused-ring (bicyclic) bond motifs is 3. The Labute approximate surface area is 245 Å². The van der Waals surface area contributed by atoms with Crippen LogP contribution in [0.15, 0.2) is 105 Å². The molecule has 1 aliphatic carbocycles. The van der Waals surface area contributed by atoms with Gasteiger partial charge in [-0.3, -0.25) is 19.5 Å². The summed E-state index contributed by atoms with van der Waals surface area (Å²) < 4.78 is 47.4. The lowest BCUT2D eigenvalue weighted by atomic mass is 9.83. The molecule has 0 spiro atoms. The van der Waals surface area contributed by atoms with Gasteiger partial charge in [-0.2, -0.15) is 13.2 Å². The standard InChI is InChI=1S/C32H20F3N3O4S/c33-32(34,35)21-8-3-6-19(15-21)26-14-12-23(42-26)17-27-30(39)37-29(20-7-4-9-22(16-20)38(40)41)25-13-11-18-5-1-2-10-24(18)28(25)36-31(37)43-27/h1-10,12,14-17,29H,11,13H2/b27-17-/t29-/m1/s1. The molecule has 0 saturated carbocycles. The van der Waals surface area contributed by atoms with Crippen LogP contribution in [0.5, 0.6) is 0 Å². The first kappa shape index (κ1) is 26.8. The summed E-state index contributed by atoms with van der Waals surface area (Å²) in [5, 5.41) is 11.6. The van der Waals surface area contributed by atoms with Crippen molar-refractivity contribution in [1.82, 2.24) is 4.57 Å². The van der Waals surface area contributed by atoms with Crippen LogP contribution in [0.25, 0.3) is 23.1 Å². The monoisotopic (exact) mass is 599 g/mol. The number of non-ortho nitro benzene ring substituents is 1. The molecule has 0 N–H and O–H groups in total. The van der Waals surface area contributed by atoms with E-state index in [4.69, 9.17) is 9.41 Å². The van der Waals surface area contributed by atoms with Crippen LogP contribution in [-0.4, -0.2) is 9.49 Å². The molecular weight excluding hydrogens is 579 g/mol. The summed E-state index contributed by atoms with van der Waals surface area (Å²) in [5.74, 6) is 0.519. The summed E-state index contributed by atoms with van der Waals surface area (Å²) in [6, 6.07) is 21.6. The van der Waals surface area contributed by atoms with E-state index in [9.17, 15) is 28.1 Å². The number of benzene rings is 3. The van der Waals surface area contributed by atoms with Crippen LogP contribution in [0, 0.1) is 10.1 Å². The number of aryl methyl sites for hydroxylation is 1. The van der Waals surface area contributed by atoms with Crippen molar-refractivity contribution in [2.24, 2.45) is 4.99 Å². The van der Waals surface area contributed by atoms with Gasteiger partial charge in [-0.1, -0.05) is 59.9 Å². The highest BCUT2D eigenvalue weighted by molar-refractivity contribution is 7.07. The molecule has 0 amide bonds. The second kappa shape index (κ2) is 10.1. The number of nitro groups is 1. The van der Waals surface area contributed by atoms with E-state index < -0.39 is 22.7 Å². The van der Waals surface area contributed by atoms with Crippen LogP contribution in [0.4, 0.5) is 18.9 Å². The van der Waals surface area contributed by atoms with E-state index in [1.54, 1.807) is 34.9 Å². The Hall–Kier alpha value is -5.03. The van der Waals surface area contributed by atoms with Crippen molar-refractivity contribution in [3.63, 3.8) is 0 Å². The van der Waals surface area contributed by atoms with Crippen molar-refractivity contribution in [3.8, 4) is 11.3 Å². The van der Waals surface area contributed by atoms with Crippen molar-refractivity contribution in [2.45, 2.75) is 25.1 Å². The molecule has 0 unspecified atom stereocenters. The normalized spacial score (nSPS) is 16.3. The molecule has 1 aliphatic heterocycles. The molecule has 5 aromatic rings. The Morgan fingerprint density at radius 2 is 1.81 bits per heavy atom. The largest absolute Gasteiger partial charge is 0.457 e. The molecule has 7 rings (SSSR count). The summed E-state index contributed by atoms with van der Waals surface area (Å²) in [5.41, 5.74) is 3.42. The number of nitrogens with zero attached hydrogens (tertiary/aromatic N) is 3. The van der Waals surface area contributed by atoms with Crippen LogP contribution in [0.3, 0.4) is 0 Å². The van der Waals surface area contributed by atoms with E-state index in [1.807, 2.05) is 24.3 Å². The van der Waals surface area contributed by atoms with Crippen molar-refractivity contribution in [3.05, 3.63) is 148 Å². The lowest BCUT2D eigenvalue weighted by Crippen LogP contribution is -2.38. The highest BCUT2D eigenvalue weighted by Gasteiger charge is 2.33. The zero-order valence-corrected chi connectivity index (χ0v) is 23.0. The number of rotatable bonds is 4. The molecule has 43 heavy (non-hydrogen) atoms. The van der Waals surface area contributed by atoms with E-state index >= 15 is 0 Å². The molecule has 0 fully saturated rings. The maximum Gasteiger partial charge on any atom is 0.416 e. The second-order valence-electron chi connectivity index (χ2n) is 10.2. The van der Waals surface area contributed by atoms with Gasteiger partial charge in [-0.05, 0) is 53.8 Å². The summed E-state index contributed by atoms with van der Waals surface area (Å²) in [4.78, 5) is 30.4. The first-order valence-corrected chi connectivity index (χ1v) is 14.1. The fraction of sp³-hybridized carbons (Fsp3) is 0.125. The number of hydrogen-bond acceptors (Lipinski definition) is 6. The van der Waals surface area contributed by atoms with Gasteiger partial charge < -0.3 is 4.42 Å². The predicted octanol–water partition coefficient (Wildman–Crippen LogP) is 6.51. The molecule has 2 aliphatic rings. The SMILES string of the molecule is O=c1/c(=C/c2ccc(-c3cccc(C(F)(F)F)c3)o2)sc2n1[C@H](c1cccc([N+](=O)[O-])c1)C1=C(N=2)c2ccccc2CC1. The van der Waals surface area contributed by atoms with Gasteiger partial charge in [-0.15, -0.1) is 0 Å². The average molecular weight is 600 g/mol. The van der Waals surface area contributed by atoms with Gasteiger partial charge in [0.15, 0.2) is 4.80 Å². The van der Waals surface area contributed by atoms with Gasteiger partial charge in [0, 0.05) is 29.3 Å². The van der Waals surface area contributed by atoms with Crippen molar-refractivity contribution in [2.75, 3.05) is 0 Å². The Bertz CT molecular complexity index is 2160. The maximum atomic E-state index is 13.9. The zero-order chi connectivity index (χ0) is 29.9. The van der Waals surface area contributed by atoms with Crippen LogP contribution in [0.2, 0.25) is 0 Å². The second-order valence-corrected chi connectivity index (χ2v) is 11.3. The van der Waals surface area contributed by atoms with Crippen LogP contribution in [-0.2, 0) is 12.6 Å². The Morgan fingerprint density at radius 3 is 2.63 bits per heavy atom. The molecule has 11 heteroatoms. The van der Waals surface area contributed by atoms with Gasteiger partial charge in [0.25, 0.3) is 11.2 Å². The molecule has 2 aromatic heterocycles. The summed E-state index contributed by atoms with van der Waals surface area (Å²) in [7, 11) is 0. The molecule has 3 heterocycles. The van der Waals surface area contributed by atoms with Gasteiger partial charge in [0.1, 0.15) is 11.5 Å². The third-order valence-corrected chi connectivity index (χ3v) is 8.63. The Morgan fingerprint density at radius 1 is 1.00 bits per heavy atom. The molecule has 3 aromatic carbocycles. The average Bonchev–Trinajstić information content (AvgIpc) is 3.60. The molecule has 1 atom stereocenters. The van der Waals surface area contributed by atoms with E-state index in [0.29, 0.717) is 27.1 Å².